The third-order valence-corrected chi connectivity index (χ3v) is 4.04. The predicted octanol–water partition coefficient (Wildman–Crippen LogP) is 5.03. The van der Waals surface area contributed by atoms with Crippen molar-refractivity contribution >= 4 is 17.5 Å². The lowest BCUT2D eigenvalue weighted by Crippen LogP contribution is -2.24. The Hall–Kier alpha value is -3.08. The molecule has 27 heavy (non-hydrogen) atoms. The van der Waals surface area contributed by atoms with Gasteiger partial charge in [0.05, 0.1) is 11.8 Å². The molecule has 0 radical (unpaired) electrons. The average Bonchev–Trinajstić information content (AvgIpc) is 2.68. The van der Waals surface area contributed by atoms with Gasteiger partial charge in [0.25, 0.3) is 0 Å². The normalized spacial score (nSPS) is 10.7. The molecule has 0 aliphatic carbocycles. The lowest BCUT2D eigenvalue weighted by Gasteiger charge is -2.21. The fourth-order valence-electron chi connectivity index (χ4n) is 2.76. The van der Waals surface area contributed by atoms with E-state index in [9.17, 15) is 0 Å². The summed E-state index contributed by atoms with van der Waals surface area (Å²) in [5.41, 5.74) is 2.12. The topological polar surface area (TPSA) is 50.3 Å². The molecule has 1 heterocycles. The molecule has 0 aliphatic rings. The first kappa shape index (κ1) is 18.7. The van der Waals surface area contributed by atoms with E-state index in [-0.39, 0.29) is 6.10 Å². The van der Waals surface area contributed by atoms with Gasteiger partial charge in [-0.05, 0) is 44.5 Å². The summed E-state index contributed by atoms with van der Waals surface area (Å²) < 4.78 is 5.88. The molecular formula is C22H26N4O. The van der Waals surface area contributed by atoms with Gasteiger partial charge in [-0.25, -0.2) is 4.98 Å². The second-order valence-electron chi connectivity index (χ2n) is 6.53. The highest BCUT2D eigenvalue weighted by Crippen LogP contribution is 2.28. The second-order valence-corrected chi connectivity index (χ2v) is 6.53. The summed E-state index contributed by atoms with van der Waals surface area (Å²) in [7, 11) is 0. The summed E-state index contributed by atoms with van der Waals surface area (Å²) in [4.78, 5) is 11.3. The number of nitrogens with one attached hydrogen (secondary N) is 1. The highest BCUT2D eigenvalue weighted by Gasteiger charge is 2.11. The maximum atomic E-state index is 5.88. The fourth-order valence-corrected chi connectivity index (χ4v) is 2.76. The molecule has 3 aromatic rings. The van der Waals surface area contributed by atoms with Crippen LogP contribution in [-0.2, 0) is 6.54 Å². The molecule has 0 fully saturated rings. The van der Waals surface area contributed by atoms with E-state index in [1.807, 2.05) is 62.4 Å². The molecule has 0 unspecified atom stereocenters. The van der Waals surface area contributed by atoms with Crippen molar-refractivity contribution in [3.63, 3.8) is 0 Å². The molecule has 0 saturated heterocycles. The van der Waals surface area contributed by atoms with Gasteiger partial charge in [-0.3, -0.25) is 0 Å². The van der Waals surface area contributed by atoms with Crippen LogP contribution in [0.1, 0.15) is 26.3 Å². The minimum absolute atomic E-state index is 0.107. The summed E-state index contributed by atoms with van der Waals surface area (Å²) in [5.74, 6) is 2.25. The number of nitrogens with zero attached hydrogens (tertiary/aromatic N) is 3. The van der Waals surface area contributed by atoms with Crippen LogP contribution in [-0.4, -0.2) is 22.6 Å². The van der Waals surface area contributed by atoms with E-state index in [4.69, 9.17) is 9.72 Å². The molecule has 5 heteroatoms. The van der Waals surface area contributed by atoms with E-state index in [1.54, 1.807) is 6.20 Å². The molecule has 0 aliphatic heterocycles. The van der Waals surface area contributed by atoms with Crippen molar-refractivity contribution in [2.24, 2.45) is 0 Å². The molecular weight excluding hydrogens is 336 g/mol. The van der Waals surface area contributed by atoms with Crippen LogP contribution in [0.15, 0.2) is 66.9 Å². The highest BCUT2D eigenvalue weighted by atomic mass is 16.5. The molecule has 3 rings (SSSR count). The minimum atomic E-state index is 0.107. The molecule has 0 bridgehead atoms. The number of para-hydroxylation sites is 2. The van der Waals surface area contributed by atoms with Gasteiger partial charge in [-0.15, -0.1) is 0 Å². The van der Waals surface area contributed by atoms with Gasteiger partial charge in [0.1, 0.15) is 11.6 Å². The van der Waals surface area contributed by atoms with Crippen molar-refractivity contribution in [1.82, 2.24) is 9.97 Å². The zero-order valence-corrected chi connectivity index (χ0v) is 16.1. The fraction of sp³-hybridized carbons (Fsp3) is 0.273. The molecule has 5 nitrogen and oxygen atoms in total. The Morgan fingerprint density at radius 2 is 1.74 bits per heavy atom. The molecule has 1 aromatic heterocycles. The lowest BCUT2D eigenvalue weighted by molar-refractivity contribution is 0.244. The number of rotatable bonds is 8. The molecule has 0 atom stereocenters. The standard InChI is InChI=1S/C22H26N4O/c1-4-26(16-18-10-6-5-7-11-18)22-23-15-14-21(25-22)24-19-12-8-9-13-20(19)27-17(2)3/h5-15,17H,4,16H2,1-3H3,(H,23,24,25). The summed E-state index contributed by atoms with van der Waals surface area (Å²) in [6.07, 6.45) is 1.89. The largest absolute Gasteiger partial charge is 0.489 e. The number of hydrogen-bond acceptors (Lipinski definition) is 5. The molecule has 0 saturated carbocycles. The third kappa shape index (κ3) is 5.20. The van der Waals surface area contributed by atoms with Gasteiger partial charge < -0.3 is 15.0 Å². The zero-order valence-electron chi connectivity index (χ0n) is 16.1. The Balaban J connectivity index is 1.79. The maximum Gasteiger partial charge on any atom is 0.227 e. The molecule has 0 spiro atoms. The Bertz CT molecular complexity index is 852. The van der Waals surface area contributed by atoms with Crippen LogP contribution in [0.3, 0.4) is 0 Å². The van der Waals surface area contributed by atoms with Gasteiger partial charge in [0.15, 0.2) is 0 Å². The van der Waals surface area contributed by atoms with Crippen molar-refractivity contribution in [2.75, 3.05) is 16.8 Å². The second kappa shape index (κ2) is 9.03. The van der Waals surface area contributed by atoms with E-state index in [2.05, 4.69) is 34.3 Å². The Labute approximate surface area is 161 Å². The number of aromatic nitrogens is 2. The SMILES string of the molecule is CCN(Cc1ccccc1)c1nccc(Nc2ccccc2OC(C)C)n1. The predicted molar refractivity (Wildman–Crippen MR) is 111 cm³/mol. The van der Waals surface area contributed by atoms with Crippen LogP contribution >= 0.6 is 0 Å². The molecule has 140 valence electrons. The van der Waals surface area contributed by atoms with Crippen molar-refractivity contribution in [2.45, 2.75) is 33.4 Å². The van der Waals surface area contributed by atoms with Gasteiger partial charge in [-0.1, -0.05) is 42.5 Å². The van der Waals surface area contributed by atoms with Gasteiger partial charge in [-0.2, -0.15) is 4.98 Å². The van der Waals surface area contributed by atoms with Crippen LogP contribution in [0.25, 0.3) is 0 Å². The van der Waals surface area contributed by atoms with Crippen molar-refractivity contribution in [3.8, 4) is 5.75 Å². The first-order chi connectivity index (χ1) is 13.2. The first-order valence-electron chi connectivity index (χ1n) is 9.30. The van der Waals surface area contributed by atoms with Crippen LogP contribution in [0.4, 0.5) is 17.5 Å². The Morgan fingerprint density at radius 3 is 2.48 bits per heavy atom. The summed E-state index contributed by atoms with van der Waals surface area (Å²) in [5, 5.41) is 3.36. The van der Waals surface area contributed by atoms with Gasteiger partial charge in [0, 0.05) is 19.3 Å². The van der Waals surface area contributed by atoms with Gasteiger partial charge >= 0.3 is 0 Å². The monoisotopic (exact) mass is 362 g/mol. The quantitative estimate of drug-likeness (QED) is 0.609. The van der Waals surface area contributed by atoms with E-state index in [0.717, 1.165) is 30.3 Å². The molecule has 2 aromatic carbocycles. The van der Waals surface area contributed by atoms with Crippen molar-refractivity contribution < 1.29 is 4.74 Å². The lowest BCUT2D eigenvalue weighted by atomic mass is 10.2. The van der Waals surface area contributed by atoms with Gasteiger partial charge in [0.2, 0.25) is 5.95 Å². The number of anilines is 3. The number of ether oxygens (including phenoxy) is 1. The van der Waals surface area contributed by atoms with E-state index < -0.39 is 0 Å². The minimum Gasteiger partial charge on any atom is -0.489 e. The van der Waals surface area contributed by atoms with Crippen molar-refractivity contribution in [1.29, 1.82) is 0 Å². The maximum absolute atomic E-state index is 5.88. The average molecular weight is 362 g/mol. The summed E-state index contributed by atoms with van der Waals surface area (Å²) in [6, 6.07) is 20.1. The Kier molecular flexibility index (Phi) is 6.26. The first-order valence-corrected chi connectivity index (χ1v) is 9.30. The van der Waals surface area contributed by atoms with Crippen LogP contribution < -0.4 is 15.0 Å². The zero-order chi connectivity index (χ0) is 19.1. The highest BCUT2D eigenvalue weighted by molar-refractivity contribution is 5.64. The summed E-state index contributed by atoms with van der Waals surface area (Å²) in [6.45, 7) is 7.74. The third-order valence-electron chi connectivity index (χ3n) is 4.04. The number of benzene rings is 2. The number of hydrogen-bond donors (Lipinski definition) is 1. The van der Waals surface area contributed by atoms with Crippen LogP contribution in [0, 0.1) is 0 Å². The summed E-state index contributed by atoms with van der Waals surface area (Å²) >= 11 is 0. The molecule has 0 amide bonds. The molecule has 1 N–H and O–H groups in total. The van der Waals surface area contributed by atoms with E-state index in [1.165, 1.54) is 5.56 Å². The van der Waals surface area contributed by atoms with Crippen molar-refractivity contribution in [3.05, 3.63) is 72.4 Å². The van der Waals surface area contributed by atoms with E-state index >= 15 is 0 Å². The van der Waals surface area contributed by atoms with Crippen LogP contribution in [0.2, 0.25) is 0 Å². The smallest absolute Gasteiger partial charge is 0.227 e. The van der Waals surface area contributed by atoms with E-state index in [0.29, 0.717) is 5.95 Å². The Morgan fingerprint density at radius 1 is 1.00 bits per heavy atom. The van der Waals surface area contributed by atoms with Crippen LogP contribution in [0.5, 0.6) is 5.75 Å².